The van der Waals surface area contributed by atoms with Crippen molar-refractivity contribution in [2.24, 2.45) is 0 Å². The second-order valence-electron chi connectivity index (χ2n) is 7.33. The van der Waals surface area contributed by atoms with Gasteiger partial charge in [0.15, 0.2) is 11.6 Å². The zero-order chi connectivity index (χ0) is 22.0. The van der Waals surface area contributed by atoms with Crippen LogP contribution >= 0.6 is 0 Å². The molecule has 3 aromatic carbocycles. The van der Waals surface area contributed by atoms with Gasteiger partial charge >= 0.3 is 0 Å². The van der Waals surface area contributed by atoms with Gasteiger partial charge in [-0.1, -0.05) is 60.7 Å². The summed E-state index contributed by atoms with van der Waals surface area (Å²) in [5.74, 6) is -1.24. The second kappa shape index (κ2) is 8.05. The third-order valence-corrected chi connectivity index (χ3v) is 5.34. The molecule has 0 atom stereocenters. The highest BCUT2D eigenvalue weighted by Crippen LogP contribution is 2.47. The van der Waals surface area contributed by atoms with Crippen molar-refractivity contribution in [3.05, 3.63) is 113 Å². The first kappa shape index (κ1) is 20.3. The number of Topliss-reactive ketones (excluding diaryl/α,β-unsaturated/α-hetero) is 1. The number of phenols is 2. The maximum absolute atomic E-state index is 12.9. The predicted molar refractivity (Wildman–Crippen MR) is 116 cm³/mol. The fourth-order valence-electron chi connectivity index (χ4n) is 3.88. The fraction of sp³-hybridized carbons (Fsp3) is 0.0769. The molecule has 0 fully saturated rings. The Labute approximate surface area is 179 Å². The number of carbonyl (C=O) groups is 2. The van der Waals surface area contributed by atoms with E-state index in [-0.39, 0.29) is 40.4 Å². The maximum atomic E-state index is 12.9. The minimum absolute atomic E-state index is 0.121. The maximum Gasteiger partial charge on any atom is 0.171 e. The zero-order valence-electron chi connectivity index (χ0n) is 16.5. The Kier molecular flexibility index (Phi) is 5.28. The quantitative estimate of drug-likeness (QED) is 0.446. The fourth-order valence-corrected chi connectivity index (χ4v) is 3.88. The van der Waals surface area contributed by atoms with Gasteiger partial charge in [0.25, 0.3) is 0 Å². The predicted octanol–water partition coefficient (Wildman–Crippen LogP) is 3.89. The molecule has 0 aromatic heterocycles. The van der Waals surface area contributed by atoms with E-state index in [4.69, 9.17) is 0 Å². The molecule has 0 amide bonds. The topological polar surface area (TPSA) is 94.8 Å². The Hall–Kier alpha value is -3.96. The number of carbonyl (C=O) groups excluding carboxylic acids is 2. The van der Waals surface area contributed by atoms with Crippen LogP contribution in [0.25, 0.3) is 5.57 Å². The third kappa shape index (κ3) is 3.67. The van der Waals surface area contributed by atoms with Crippen molar-refractivity contribution < 1.29 is 24.9 Å². The number of ketones is 2. The summed E-state index contributed by atoms with van der Waals surface area (Å²) < 4.78 is 0. The van der Waals surface area contributed by atoms with Gasteiger partial charge in [-0.05, 0) is 35.4 Å². The van der Waals surface area contributed by atoms with Crippen LogP contribution in [0.3, 0.4) is 0 Å². The van der Waals surface area contributed by atoms with Crippen molar-refractivity contribution in [1.82, 2.24) is 0 Å². The van der Waals surface area contributed by atoms with Gasteiger partial charge in [0, 0.05) is 22.8 Å². The van der Waals surface area contributed by atoms with Crippen LogP contribution < -0.4 is 0 Å². The van der Waals surface area contributed by atoms with E-state index < -0.39 is 11.4 Å². The number of hydrogen-bond acceptors (Lipinski definition) is 5. The van der Waals surface area contributed by atoms with Crippen molar-refractivity contribution in [1.29, 1.82) is 0 Å². The molecule has 0 aliphatic heterocycles. The largest absolute Gasteiger partial charge is 0.508 e. The Morgan fingerprint density at radius 1 is 0.774 bits per heavy atom. The molecule has 5 nitrogen and oxygen atoms in total. The molecule has 1 aliphatic rings. The molecule has 0 heterocycles. The Morgan fingerprint density at radius 2 is 1.35 bits per heavy atom. The molecule has 0 radical (unpaired) electrons. The lowest BCUT2D eigenvalue weighted by Gasteiger charge is -2.34. The lowest BCUT2D eigenvalue weighted by atomic mass is 9.73. The molecule has 3 aromatic rings. The summed E-state index contributed by atoms with van der Waals surface area (Å²) in [6, 6.07) is 21.6. The smallest absolute Gasteiger partial charge is 0.171 e. The van der Waals surface area contributed by atoms with Crippen LogP contribution in [0.4, 0.5) is 0 Å². The molecule has 0 unspecified atom stereocenters. The van der Waals surface area contributed by atoms with E-state index in [9.17, 15) is 24.9 Å². The Morgan fingerprint density at radius 3 is 1.87 bits per heavy atom. The molecule has 5 heteroatoms. The van der Waals surface area contributed by atoms with E-state index in [0.717, 1.165) is 6.07 Å². The highest BCUT2D eigenvalue weighted by atomic mass is 16.3. The molecule has 0 spiro atoms. The van der Waals surface area contributed by atoms with Gasteiger partial charge in [0.1, 0.15) is 17.1 Å². The minimum atomic E-state index is -1.83. The minimum Gasteiger partial charge on any atom is -0.508 e. The summed E-state index contributed by atoms with van der Waals surface area (Å²) in [7, 11) is 0. The summed E-state index contributed by atoms with van der Waals surface area (Å²) in [4.78, 5) is 24.7. The average Bonchev–Trinajstić information content (AvgIpc) is 2.77. The van der Waals surface area contributed by atoms with Crippen LogP contribution in [0.1, 0.15) is 23.1 Å². The molecule has 0 bridgehead atoms. The number of phenolic OH excluding ortho intramolecular Hbond substituents is 2. The van der Waals surface area contributed by atoms with E-state index in [1.807, 2.05) is 12.1 Å². The molecule has 3 N–H and O–H groups in total. The molecule has 4 rings (SSSR count). The molecule has 31 heavy (non-hydrogen) atoms. The Balaban J connectivity index is 2.14. The van der Waals surface area contributed by atoms with Crippen molar-refractivity contribution in [3.63, 3.8) is 0 Å². The number of aliphatic hydroxyl groups is 1. The SMILES string of the molecule is O=C1C=CC(=C(c2ccc(O)cc2O)C(O)(c2ccccc2)c2ccccc2)C(=O)C1. The lowest BCUT2D eigenvalue weighted by Crippen LogP contribution is -2.32. The van der Waals surface area contributed by atoms with E-state index in [1.54, 1.807) is 48.5 Å². The van der Waals surface area contributed by atoms with Gasteiger partial charge in [0.05, 0.1) is 6.42 Å². The third-order valence-electron chi connectivity index (χ3n) is 5.34. The molecular weight excluding hydrogens is 392 g/mol. The standard InChI is InChI=1S/C26H20O5/c27-19-11-13-21(23(29)15-19)25(22-14-12-20(28)16-24(22)30)26(31,17-7-3-1-4-8-17)18-9-5-2-6-10-18/h1-15,27,29,31H,16H2. The van der Waals surface area contributed by atoms with Gasteiger partial charge in [0.2, 0.25) is 0 Å². The first-order valence-electron chi connectivity index (χ1n) is 9.76. The highest BCUT2D eigenvalue weighted by Gasteiger charge is 2.41. The van der Waals surface area contributed by atoms with Crippen molar-refractivity contribution in [3.8, 4) is 11.5 Å². The van der Waals surface area contributed by atoms with Crippen LogP contribution in [-0.2, 0) is 15.2 Å². The van der Waals surface area contributed by atoms with E-state index in [2.05, 4.69) is 0 Å². The highest BCUT2D eigenvalue weighted by molar-refractivity contribution is 6.19. The molecule has 0 saturated carbocycles. The van der Waals surface area contributed by atoms with E-state index >= 15 is 0 Å². The van der Waals surface area contributed by atoms with Gasteiger partial charge in [-0.2, -0.15) is 0 Å². The summed E-state index contributed by atoms with van der Waals surface area (Å²) in [5.41, 5.74) is -0.432. The molecule has 154 valence electrons. The second-order valence-corrected chi connectivity index (χ2v) is 7.33. The monoisotopic (exact) mass is 412 g/mol. The summed E-state index contributed by atoms with van der Waals surface area (Å²) in [5, 5.41) is 32.8. The van der Waals surface area contributed by atoms with Gasteiger partial charge in [-0.3, -0.25) is 9.59 Å². The summed E-state index contributed by atoms with van der Waals surface area (Å²) >= 11 is 0. The van der Waals surface area contributed by atoms with Crippen LogP contribution in [0, 0.1) is 0 Å². The van der Waals surface area contributed by atoms with Gasteiger partial charge in [-0.25, -0.2) is 0 Å². The number of benzene rings is 3. The average molecular weight is 412 g/mol. The van der Waals surface area contributed by atoms with Crippen molar-refractivity contribution >= 4 is 17.1 Å². The number of allylic oxidation sites excluding steroid dienone is 3. The van der Waals surface area contributed by atoms with Crippen molar-refractivity contribution in [2.45, 2.75) is 12.0 Å². The number of hydrogen-bond donors (Lipinski definition) is 3. The van der Waals surface area contributed by atoms with E-state index in [0.29, 0.717) is 11.1 Å². The first-order chi connectivity index (χ1) is 14.9. The van der Waals surface area contributed by atoms with Crippen molar-refractivity contribution in [2.75, 3.05) is 0 Å². The first-order valence-corrected chi connectivity index (χ1v) is 9.76. The van der Waals surface area contributed by atoms with Crippen LogP contribution in [0.15, 0.2) is 96.6 Å². The number of rotatable bonds is 4. The van der Waals surface area contributed by atoms with Gasteiger partial charge < -0.3 is 15.3 Å². The summed E-state index contributed by atoms with van der Waals surface area (Å²) in [6.45, 7) is 0. The lowest BCUT2D eigenvalue weighted by molar-refractivity contribution is -0.122. The van der Waals surface area contributed by atoms with Crippen LogP contribution in [0.5, 0.6) is 11.5 Å². The molecule has 1 aliphatic carbocycles. The summed E-state index contributed by atoms with van der Waals surface area (Å²) in [6.07, 6.45) is 2.35. The van der Waals surface area contributed by atoms with E-state index in [1.165, 1.54) is 24.3 Å². The number of aromatic hydroxyl groups is 2. The zero-order valence-corrected chi connectivity index (χ0v) is 16.5. The normalized spacial score (nSPS) is 15.8. The van der Waals surface area contributed by atoms with Gasteiger partial charge in [-0.15, -0.1) is 0 Å². The molecular formula is C26H20O5. The Bertz CT molecular complexity index is 1170. The van der Waals surface area contributed by atoms with Crippen LogP contribution in [-0.4, -0.2) is 26.9 Å². The van der Waals surface area contributed by atoms with Crippen LogP contribution in [0.2, 0.25) is 0 Å². The molecule has 0 saturated heterocycles.